The third kappa shape index (κ3) is 6.67. The lowest BCUT2D eigenvalue weighted by atomic mass is 9.87. The SMILES string of the molecule is COc1cccc(/C=N\NC(=O)CSc2nnc(-c3ccc(C(C)(C)C)cc3)n2-c2ccc(C)cc2)c1OC. The number of nitrogens with zero attached hydrogens (tertiary/aromatic N) is 4. The van der Waals surface area contributed by atoms with Crippen molar-refractivity contribution < 1.29 is 14.3 Å². The van der Waals surface area contributed by atoms with E-state index in [1.807, 2.05) is 47.9 Å². The molecule has 39 heavy (non-hydrogen) atoms. The van der Waals surface area contributed by atoms with Crippen molar-refractivity contribution in [1.29, 1.82) is 0 Å². The highest BCUT2D eigenvalue weighted by Gasteiger charge is 2.19. The Hall–Kier alpha value is -4.11. The van der Waals surface area contributed by atoms with E-state index in [1.54, 1.807) is 20.3 Å². The average molecular weight is 544 g/mol. The predicted molar refractivity (Wildman–Crippen MR) is 156 cm³/mol. The van der Waals surface area contributed by atoms with Crippen LogP contribution in [0.2, 0.25) is 0 Å². The number of carbonyl (C=O) groups excluding carboxylic acids is 1. The zero-order valence-corrected chi connectivity index (χ0v) is 23.9. The van der Waals surface area contributed by atoms with Crippen LogP contribution in [0, 0.1) is 6.92 Å². The number of carbonyl (C=O) groups is 1. The Morgan fingerprint density at radius 3 is 2.36 bits per heavy atom. The highest BCUT2D eigenvalue weighted by molar-refractivity contribution is 7.99. The van der Waals surface area contributed by atoms with E-state index >= 15 is 0 Å². The van der Waals surface area contributed by atoms with Crippen LogP contribution >= 0.6 is 11.8 Å². The summed E-state index contributed by atoms with van der Waals surface area (Å²) in [6.45, 7) is 8.61. The van der Waals surface area contributed by atoms with Crippen molar-refractivity contribution in [2.24, 2.45) is 5.10 Å². The molecule has 0 unspecified atom stereocenters. The Morgan fingerprint density at radius 1 is 1.00 bits per heavy atom. The number of thioether (sulfide) groups is 1. The molecule has 0 spiro atoms. The lowest BCUT2D eigenvalue weighted by molar-refractivity contribution is -0.118. The number of benzene rings is 3. The van der Waals surface area contributed by atoms with Crippen LogP contribution in [0.25, 0.3) is 17.1 Å². The first-order chi connectivity index (χ1) is 18.7. The summed E-state index contributed by atoms with van der Waals surface area (Å²) in [5, 5.41) is 13.6. The molecule has 0 bridgehead atoms. The number of aryl methyl sites for hydroxylation is 1. The van der Waals surface area contributed by atoms with E-state index in [0.29, 0.717) is 28.0 Å². The van der Waals surface area contributed by atoms with E-state index in [0.717, 1.165) is 16.8 Å². The zero-order chi connectivity index (χ0) is 28.0. The van der Waals surface area contributed by atoms with Gasteiger partial charge >= 0.3 is 0 Å². The minimum absolute atomic E-state index is 0.0533. The number of methoxy groups -OCH3 is 2. The van der Waals surface area contributed by atoms with Gasteiger partial charge in [0.05, 0.1) is 26.2 Å². The van der Waals surface area contributed by atoms with Gasteiger partial charge in [-0.1, -0.05) is 80.6 Å². The molecule has 0 atom stereocenters. The molecule has 4 rings (SSSR count). The van der Waals surface area contributed by atoms with E-state index in [9.17, 15) is 4.79 Å². The molecule has 1 amide bonds. The van der Waals surface area contributed by atoms with Gasteiger partial charge in [-0.15, -0.1) is 10.2 Å². The van der Waals surface area contributed by atoms with Crippen LogP contribution in [0.3, 0.4) is 0 Å². The fourth-order valence-corrected chi connectivity index (χ4v) is 4.69. The van der Waals surface area contributed by atoms with Gasteiger partial charge in [-0.25, -0.2) is 5.43 Å². The van der Waals surface area contributed by atoms with Crippen LogP contribution in [0.5, 0.6) is 11.5 Å². The van der Waals surface area contributed by atoms with Gasteiger partial charge in [0.25, 0.3) is 5.91 Å². The molecule has 1 aromatic heterocycles. The van der Waals surface area contributed by atoms with Crippen LogP contribution in [0.15, 0.2) is 77.0 Å². The molecule has 9 heteroatoms. The number of aromatic nitrogens is 3. The number of amides is 1. The quantitative estimate of drug-likeness (QED) is 0.163. The summed E-state index contributed by atoms with van der Waals surface area (Å²) in [6, 6.07) is 22.0. The Kier molecular flexibility index (Phi) is 8.71. The first-order valence-corrected chi connectivity index (χ1v) is 13.5. The molecular formula is C30H33N5O3S. The van der Waals surface area contributed by atoms with Gasteiger partial charge in [-0.3, -0.25) is 9.36 Å². The average Bonchev–Trinajstić information content (AvgIpc) is 3.35. The molecular weight excluding hydrogens is 510 g/mol. The summed E-state index contributed by atoms with van der Waals surface area (Å²) in [5.74, 6) is 1.68. The van der Waals surface area contributed by atoms with Crippen LogP contribution in [0.4, 0.5) is 0 Å². The summed E-state index contributed by atoms with van der Waals surface area (Å²) in [6.07, 6.45) is 1.53. The van der Waals surface area contributed by atoms with Gasteiger partial charge in [0.1, 0.15) is 0 Å². The van der Waals surface area contributed by atoms with E-state index in [-0.39, 0.29) is 17.1 Å². The predicted octanol–water partition coefficient (Wildman–Crippen LogP) is 5.80. The molecule has 4 aromatic rings. The normalized spacial score (nSPS) is 11.5. The molecule has 1 heterocycles. The van der Waals surface area contributed by atoms with Gasteiger partial charge in [0.15, 0.2) is 22.5 Å². The highest BCUT2D eigenvalue weighted by atomic mass is 32.2. The molecule has 202 valence electrons. The Labute approximate surface area is 233 Å². The molecule has 0 aliphatic heterocycles. The van der Waals surface area contributed by atoms with Crippen molar-refractivity contribution in [2.45, 2.75) is 38.3 Å². The standard InChI is InChI=1S/C30H33N5O3S/c1-20-10-16-24(17-11-20)35-28(21-12-14-23(15-13-21)30(2,3)4)33-34-29(35)39-19-26(36)32-31-18-22-8-7-9-25(37-5)27(22)38-6/h7-18H,19H2,1-6H3,(H,32,36)/b31-18-. The van der Waals surface area contributed by atoms with Crippen molar-refractivity contribution in [3.63, 3.8) is 0 Å². The molecule has 0 saturated heterocycles. The van der Waals surface area contributed by atoms with Gasteiger partial charge in [0.2, 0.25) is 0 Å². The smallest absolute Gasteiger partial charge is 0.250 e. The zero-order valence-electron chi connectivity index (χ0n) is 23.1. The van der Waals surface area contributed by atoms with E-state index < -0.39 is 0 Å². The number of nitrogens with one attached hydrogen (secondary N) is 1. The largest absolute Gasteiger partial charge is 0.493 e. The maximum Gasteiger partial charge on any atom is 0.250 e. The summed E-state index contributed by atoms with van der Waals surface area (Å²) < 4.78 is 12.7. The second-order valence-electron chi connectivity index (χ2n) is 9.97. The molecule has 8 nitrogen and oxygen atoms in total. The lowest BCUT2D eigenvalue weighted by Crippen LogP contribution is -2.20. The first kappa shape index (κ1) is 27.9. The highest BCUT2D eigenvalue weighted by Crippen LogP contribution is 2.31. The number of rotatable bonds is 9. The molecule has 0 saturated carbocycles. The third-order valence-corrected chi connectivity index (χ3v) is 7.02. The third-order valence-electron chi connectivity index (χ3n) is 6.09. The lowest BCUT2D eigenvalue weighted by Gasteiger charge is -2.19. The van der Waals surface area contributed by atoms with Crippen molar-refractivity contribution in [3.8, 4) is 28.6 Å². The monoisotopic (exact) mass is 543 g/mol. The van der Waals surface area contributed by atoms with Crippen LogP contribution in [0.1, 0.15) is 37.5 Å². The number of hydrogen-bond donors (Lipinski definition) is 1. The van der Waals surface area contributed by atoms with Crippen molar-refractivity contribution in [3.05, 3.63) is 83.4 Å². The molecule has 0 radical (unpaired) electrons. The van der Waals surface area contributed by atoms with Crippen LogP contribution in [-0.2, 0) is 10.2 Å². The number of para-hydroxylation sites is 1. The maximum atomic E-state index is 12.6. The Morgan fingerprint density at radius 2 is 1.72 bits per heavy atom. The molecule has 1 N–H and O–H groups in total. The van der Waals surface area contributed by atoms with E-state index in [1.165, 1.54) is 23.5 Å². The second kappa shape index (κ2) is 12.2. The van der Waals surface area contributed by atoms with Gasteiger partial charge in [-0.05, 0) is 42.2 Å². The van der Waals surface area contributed by atoms with Crippen molar-refractivity contribution in [1.82, 2.24) is 20.2 Å². The summed E-state index contributed by atoms with van der Waals surface area (Å²) in [7, 11) is 3.13. The molecule has 3 aromatic carbocycles. The minimum atomic E-state index is -0.271. The summed E-state index contributed by atoms with van der Waals surface area (Å²) in [4.78, 5) is 12.6. The topological polar surface area (TPSA) is 90.6 Å². The second-order valence-corrected chi connectivity index (χ2v) is 10.9. The van der Waals surface area contributed by atoms with Crippen LogP contribution in [-0.4, -0.2) is 46.9 Å². The minimum Gasteiger partial charge on any atom is -0.493 e. The number of hydrogen-bond acceptors (Lipinski definition) is 7. The van der Waals surface area contributed by atoms with Crippen LogP contribution < -0.4 is 14.9 Å². The van der Waals surface area contributed by atoms with E-state index in [4.69, 9.17) is 9.47 Å². The van der Waals surface area contributed by atoms with Crippen molar-refractivity contribution in [2.75, 3.05) is 20.0 Å². The maximum absolute atomic E-state index is 12.6. The fourth-order valence-electron chi connectivity index (χ4n) is 3.95. The number of hydrazone groups is 1. The Bertz CT molecular complexity index is 1460. The van der Waals surface area contributed by atoms with E-state index in [2.05, 4.69) is 65.8 Å². The number of ether oxygens (including phenoxy) is 2. The van der Waals surface area contributed by atoms with Gasteiger partial charge in [0, 0.05) is 16.8 Å². The molecule has 0 fully saturated rings. The van der Waals surface area contributed by atoms with Crippen molar-refractivity contribution >= 4 is 23.9 Å². The Balaban J connectivity index is 1.53. The van der Waals surface area contributed by atoms with Gasteiger partial charge in [-0.2, -0.15) is 5.10 Å². The summed E-state index contributed by atoms with van der Waals surface area (Å²) >= 11 is 1.30. The molecule has 0 aliphatic rings. The summed E-state index contributed by atoms with van der Waals surface area (Å²) in [5.41, 5.74) is 7.58. The molecule has 0 aliphatic carbocycles. The van der Waals surface area contributed by atoms with Gasteiger partial charge < -0.3 is 9.47 Å². The fraction of sp³-hybridized carbons (Fsp3) is 0.267. The first-order valence-electron chi connectivity index (χ1n) is 12.5.